The van der Waals surface area contributed by atoms with E-state index in [1.54, 1.807) is 38.1 Å². The van der Waals surface area contributed by atoms with E-state index in [4.69, 9.17) is 4.74 Å². The second-order valence-corrected chi connectivity index (χ2v) is 11.5. The number of aliphatic hydroxyl groups is 1. The van der Waals surface area contributed by atoms with Gasteiger partial charge in [-0.2, -0.15) is 0 Å². The summed E-state index contributed by atoms with van der Waals surface area (Å²) in [5.41, 5.74) is -0.629. The van der Waals surface area contributed by atoms with E-state index in [9.17, 15) is 21.9 Å². The number of hydrogen-bond acceptors (Lipinski definition) is 6. The highest BCUT2D eigenvalue weighted by atomic mass is 32.2. The van der Waals surface area contributed by atoms with Crippen molar-refractivity contribution in [2.45, 2.75) is 64.0 Å². The second kappa shape index (κ2) is 10.9. The van der Waals surface area contributed by atoms with Crippen molar-refractivity contribution >= 4 is 20.0 Å². The van der Waals surface area contributed by atoms with E-state index in [1.165, 1.54) is 0 Å². The molecule has 10 heteroatoms. The minimum Gasteiger partial charge on any atom is -0.492 e. The van der Waals surface area contributed by atoms with Crippen LogP contribution in [0.5, 0.6) is 5.75 Å². The number of hydrogen-bond donors (Lipinski definition) is 3. The van der Waals surface area contributed by atoms with Crippen molar-refractivity contribution in [2.75, 3.05) is 24.7 Å². The highest BCUT2D eigenvalue weighted by Gasteiger charge is 2.42. The first-order valence-corrected chi connectivity index (χ1v) is 13.9. The first-order valence-electron chi connectivity index (χ1n) is 10.5. The zero-order valence-electron chi connectivity index (χ0n) is 17.8. The van der Waals surface area contributed by atoms with Crippen LogP contribution in [0.2, 0.25) is 0 Å². The Morgan fingerprint density at radius 3 is 2.30 bits per heavy atom. The largest absolute Gasteiger partial charge is 0.492 e. The molecule has 1 saturated carbocycles. The third-order valence-corrected chi connectivity index (χ3v) is 8.37. The molecule has 1 aliphatic carbocycles. The summed E-state index contributed by atoms with van der Waals surface area (Å²) < 4.78 is 58.5. The van der Waals surface area contributed by atoms with E-state index < -0.39 is 31.7 Å². The molecule has 0 aromatic heterocycles. The summed E-state index contributed by atoms with van der Waals surface area (Å²) in [6.45, 7) is 3.97. The molecule has 0 aliphatic heterocycles. The molecule has 2 unspecified atom stereocenters. The summed E-state index contributed by atoms with van der Waals surface area (Å²) >= 11 is 0. The standard InChI is InChI=1S/C20H34N2O6S2/c1-3-15-29(24,25)21-13-14-28-18-10-8-17(9-11-18)20(23)12-6-5-7-19(20)22-30(26,27)16-4-2/h8-11,19,21-23H,3-7,12-16H2,1-2H3. The maximum atomic E-state index is 12.2. The Hall–Kier alpha value is -1.20. The fourth-order valence-corrected chi connectivity index (χ4v) is 6.23. The number of sulfonamides is 2. The number of ether oxygens (including phenoxy) is 1. The van der Waals surface area contributed by atoms with E-state index in [0.29, 0.717) is 37.0 Å². The van der Waals surface area contributed by atoms with Gasteiger partial charge in [0.1, 0.15) is 18.0 Å². The van der Waals surface area contributed by atoms with Gasteiger partial charge in [-0.15, -0.1) is 0 Å². The Morgan fingerprint density at radius 1 is 1.03 bits per heavy atom. The average molecular weight is 463 g/mol. The van der Waals surface area contributed by atoms with Gasteiger partial charge in [-0.3, -0.25) is 0 Å². The minimum atomic E-state index is -3.44. The molecule has 3 N–H and O–H groups in total. The van der Waals surface area contributed by atoms with Gasteiger partial charge in [-0.25, -0.2) is 26.3 Å². The fraction of sp³-hybridized carbons (Fsp3) is 0.700. The minimum absolute atomic E-state index is 0.0361. The van der Waals surface area contributed by atoms with Crippen LogP contribution in [-0.4, -0.2) is 52.6 Å². The molecule has 2 rings (SSSR count). The van der Waals surface area contributed by atoms with Crippen LogP contribution in [-0.2, 0) is 25.6 Å². The van der Waals surface area contributed by atoms with Crippen LogP contribution in [0, 0.1) is 0 Å². The van der Waals surface area contributed by atoms with Gasteiger partial charge in [0.25, 0.3) is 0 Å². The molecule has 0 saturated heterocycles. The molecule has 2 atom stereocenters. The summed E-state index contributed by atoms with van der Waals surface area (Å²) in [6.07, 6.45) is 3.80. The normalized spacial score (nSPS) is 22.7. The smallest absolute Gasteiger partial charge is 0.211 e. The zero-order valence-corrected chi connectivity index (χ0v) is 19.4. The van der Waals surface area contributed by atoms with E-state index in [2.05, 4.69) is 9.44 Å². The summed E-state index contributed by atoms with van der Waals surface area (Å²) in [5, 5.41) is 11.3. The molecular formula is C20H34N2O6S2. The Kier molecular flexibility index (Phi) is 9.11. The lowest BCUT2D eigenvalue weighted by Gasteiger charge is -2.40. The second-order valence-electron chi connectivity index (χ2n) is 7.75. The Bertz CT molecular complexity index is 871. The van der Waals surface area contributed by atoms with Crippen LogP contribution < -0.4 is 14.2 Å². The number of nitrogens with one attached hydrogen (secondary N) is 2. The lowest BCUT2D eigenvalue weighted by molar-refractivity contribution is -0.0249. The van der Waals surface area contributed by atoms with Crippen LogP contribution in [0.1, 0.15) is 57.9 Å². The van der Waals surface area contributed by atoms with Crippen molar-refractivity contribution in [1.82, 2.24) is 9.44 Å². The van der Waals surface area contributed by atoms with E-state index in [-0.39, 0.29) is 24.7 Å². The third-order valence-electron chi connectivity index (χ3n) is 5.19. The van der Waals surface area contributed by atoms with Gasteiger partial charge in [-0.1, -0.05) is 38.8 Å². The lowest BCUT2D eigenvalue weighted by atomic mass is 9.76. The summed E-state index contributed by atoms with van der Waals surface area (Å²) in [7, 11) is -6.70. The van der Waals surface area contributed by atoms with E-state index in [1.807, 2.05) is 0 Å². The molecular weight excluding hydrogens is 428 g/mol. The predicted octanol–water partition coefficient (Wildman–Crippen LogP) is 1.85. The van der Waals surface area contributed by atoms with Crippen molar-refractivity contribution in [3.63, 3.8) is 0 Å². The predicted molar refractivity (Wildman–Crippen MR) is 117 cm³/mol. The average Bonchev–Trinajstić information content (AvgIpc) is 2.67. The van der Waals surface area contributed by atoms with Gasteiger partial charge in [0.2, 0.25) is 20.0 Å². The molecule has 0 heterocycles. The maximum Gasteiger partial charge on any atom is 0.211 e. The number of rotatable bonds is 12. The van der Waals surface area contributed by atoms with Gasteiger partial charge in [-0.05, 0) is 43.4 Å². The fourth-order valence-electron chi connectivity index (χ4n) is 3.75. The zero-order chi connectivity index (χ0) is 22.3. The monoisotopic (exact) mass is 462 g/mol. The molecule has 1 aromatic carbocycles. The molecule has 0 amide bonds. The van der Waals surface area contributed by atoms with E-state index in [0.717, 1.165) is 12.8 Å². The van der Waals surface area contributed by atoms with Crippen LogP contribution >= 0.6 is 0 Å². The molecule has 0 bridgehead atoms. The topological polar surface area (TPSA) is 122 Å². The molecule has 8 nitrogen and oxygen atoms in total. The summed E-state index contributed by atoms with van der Waals surface area (Å²) in [4.78, 5) is 0. The SMILES string of the molecule is CCCS(=O)(=O)NCCOc1ccc(C2(O)CCCCC2NS(=O)(=O)CCC)cc1. The van der Waals surface area contributed by atoms with Crippen LogP contribution in [0.4, 0.5) is 0 Å². The number of benzene rings is 1. The highest BCUT2D eigenvalue weighted by molar-refractivity contribution is 7.89. The van der Waals surface area contributed by atoms with E-state index >= 15 is 0 Å². The molecule has 0 radical (unpaired) electrons. The Labute approximate surface area is 180 Å². The van der Waals surface area contributed by atoms with Crippen molar-refractivity contribution in [1.29, 1.82) is 0 Å². The van der Waals surface area contributed by atoms with Crippen molar-refractivity contribution in [2.24, 2.45) is 0 Å². The first-order chi connectivity index (χ1) is 14.1. The van der Waals surface area contributed by atoms with Gasteiger partial charge < -0.3 is 9.84 Å². The summed E-state index contributed by atoms with van der Waals surface area (Å²) in [6, 6.07) is 6.33. The first kappa shape index (κ1) is 25.1. The van der Waals surface area contributed by atoms with Gasteiger partial charge in [0.15, 0.2) is 0 Å². The molecule has 1 aliphatic rings. The van der Waals surface area contributed by atoms with Gasteiger partial charge in [0, 0.05) is 6.54 Å². The molecule has 1 fully saturated rings. The highest BCUT2D eigenvalue weighted by Crippen LogP contribution is 2.38. The molecule has 0 spiro atoms. The van der Waals surface area contributed by atoms with Crippen LogP contribution in [0.3, 0.4) is 0 Å². The maximum absolute atomic E-state index is 12.2. The molecule has 1 aromatic rings. The van der Waals surface area contributed by atoms with Crippen LogP contribution in [0.25, 0.3) is 0 Å². The summed E-state index contributed by atoms with van der Waals surface area (Å²) in [5.74, 6) is 0.675. The Morgan fingerprint density at radius 2 is 1.67 bits per heavy atom. The quantitative estimate of drug-likeness (QED) is 0.408. The molecule has 30 heavy (non-hydrogen) atoms. The van der Waals surface area contributed by atoms with Gasteiger partial charge >= 0.3 is 0 Å². The van der Waals surface area contributed by atoms with Gasteiger partial charge in [0.05, 0.1) is 17.5 Å². The molecule has 172 valence electrons. The van der Waals surface area contributed by atoms with Crippen LogP contribution in [0.15, 0.2) is 24.3 Å². The van der Waals surface area contributed by atoms with Crippen molar-refractivity contribution in [3.05, 3.63) is 29.8 Å². The third kappa shape index (κ3) is 7.19. The lowest BCUT2D eigenvalue weighted by Crippen LogP contribution is -2.52. The van der Waals surface area contributed by atoms with Crippen molar-refractivity contribution in [3.8, 4) is 5.75 Å². The van der Waals surface area contributed by atoms with Crippen molar-refractivity contribution < 1.29 is 26.7 Å². The Balaban J connectivity index is 2.00.